The average molecular weight is 500 g/mol. The maximum atomic E-state index is 12.9. The Morgan fingerprint density at radius 3 is 2.59 bits per heavy atom. The fourth-order valence-corrected chi connectivity index (χ4v) is 5.56. The number of hydrogen-bond donors (Lipinski definition) is 0. The molecule has 4 heteroatoms. The zero-order chi connectivity index (χ0) is 23.3. The van der Waals surface area contributed by atoms with Gasteiger partial charge in [-0.1, -0.05) is 71.6 Å². The lowest BCUT2D eigenvalue weighted by Crippen LogP contribution is -2.25. The minimum Gasteiger partial charge on any atom is -0.321 e. The first kappa shape index (κ1) is 25.0. The summed E-state index contributed by atoms with van der Waals surface area (Å²) >= 11 is 3.60. The van der Waals surface area contributed by atoms with Gasteiger partial charge in [-0.15, -0.1) is 0 Å². The van der Waals surface area contributed by atoms with Crippen LogP contribution in [0.5, 0.6) is 0 Å². The monoisotopic (exact) mass is 498 g/mol. The maximum Gasteiger partial charge on any atom is 0.281 e. The Balaban J connectivity index is 2.05. The van der Waals surface area contributed by atoms with Crippen LogP contribution in [0.1, 0.15) is 104 Å². The van der Waals surface area contributed by atoms with Gasteiger partial charge in [-0.05, 0) is 77.7 Å². The predicted molar refractivity (Wildman–Crippen MR) is 140 cm³/mol. The number of unbranched alkanes of at least 4 members (excludes halogenated alkanes) is 2. The molecule has 1 aliphatic carbocycles. The van der Waals surface area contributed by atoms with E-state index in [1.807, 2.05) is 12.1 Å². The van der Waals surface area contributed by atoms with E-state index in [-0.39, 0.29) is 17.5 Å². The molecular weight excluding hydrogens is 460 g/mol. The summed E-state index contributed by atoms with van der Waals surface area (Å²) in [7, 11) is 0. The topological polar surface area (TPSA) is 34.9 Å². The molecule has 0 N–H and O–H groups in total. The van der Waals surface area contributed by atoms with Crippen LogP contribution in [-0.2, 0) is 0 Å². The molecule has 1 aliphatic rings. The van der Waals surface area contributed by atoms with Gasteiger partial charge in [0.1, 0.15) is 5.82 Å². The van der Waals surface area contributed by atoms with Crippen molar-refractivity contribution in [2.24, 2.45) is 5.92 Å². The van der Waals surface area contributed by atoms with E-state index in [1.165, 1.54) is 49.7 Å². The third-order valence-corrected chi connectivity index (χ3v) is 7.72. The molecule has 0 radical (unpaired) electrons. The third kappa shape index (κ3) is 5.27. The van der Waals surface area contributed by atoms with Gasteiger partial charge in [0, 0.05) is 10.4 Å². The van der Waals surface area contributed by atoms with Gasteiger partial charge in [0.15, 0.2) is 0 Å². The molecule has 2 aromatic rings. The minimum atomic E-state index is -0.133. The standard InChI is InChI=1S/C28H39BrN2O/c1-6-9-10-13-21(12-7-2)22-16-17-24(20(5)18-22)31-25-15-11-14-23(29)26(25)28(32)30-27(31)19(4)8-3/h11,14-16,18-19,21,24H,6-10,12-13,17H2,1-5H3. The van der Waals surface area contributed by atoms with Crippen molar-refractivity contribution in [2.75, 3.05) is 0 Å². The van der Waals surface area contributed by atoms with Crippen LogP contribution >= 0.6 is 15.9 Å². The summed E-state index contributed by atoms with van der Waals surface area (Å²) in [5.41, 5.74) is 3.74. The van der Waals surface area contributed by atoms with E-state index in [9.17, 15) is 4.79 Å². The first-order valence-electron chi connectivity index (χ1n) is 12.5. The van der Waals surface area contributed by atoms with Crippen molar-refractivity contribution in [2.45, 2.75) is 97.9 Å². The quantitative estimate of drug-likeness (QED) is 0.307. The lowest BCUT2D eigenvalue weighted by molar-refractivity contribution is 0.472. The summed E-state index contributed by atoms with van der Waals surface area (Å²) in [5.74, 6) is 1.80. The van der Waals surface area contributed by atoms with Crippen LogP contribution in [-0.4, -0.2) is 9.55 Å². The zero-order valence-corrected chi connectivity index (χ0v) is 22.0. The fraction of sp³-hybridized carbons (Fsp3) is 0.571. The summed E-state index contributed by atoms with van der Waals surface area (Å²) in [6.07, 6.45) is 14.5. The van der Waals surface area contributed by atoms with Gasteiger partial charge in [-0.25, -0.2) is 0 Å². The van der Waals surface area contributed by atoms with Gasteiger partial charge in [-0.2, -0.15) is 4.98 Å². The molecule has 0 fully saturated rings. The number of hydrogen-bond acceptors (Lipinski definition) is 2. The van der Waals surface area contributed by atoms with Crippen molar-refractivity contribution < 1.29 is 0 Å². The van der Waals surface area contributed by atoms with Gasteiger partial charge in [0.2, 0.25) is 0 Å². The first-order chi connectivity index (χ1) is 15.4. The van der Waals surface area contributed by atoms with Crippen LogP contribution < -0.4 is 5.56 Å². The Hall–Kier alpha value is -1.68. The van der Waals surface area contributed by atoms with E-state index in [1.54, 1.807) is 0 Å². The molecule has 1 heterocycles. The number of halogens is 1. The Kier molecular flexibility index (Phi) is 8.93. The van der Waals surface area contributed by atoms with Crippen LogP contribution in [0.25, 0.3) is 10.9 Å². The van der Waals surface area contributed by atoms with Crippen LogP contribution in [0.2, 0.25) is 0 Å². The van der Waals surface area contributed by atoms with Crippen LogP contribution in [0, 0.1) is 5.92 Å². The van der Waals surface area contributed by atoms with E-state index >= 15 is 0 Å². The zero-order valence-electron chi connectivity index (χ0n) is 20.5. The molecule has 1 aromatic heterocycles. The van der Waals surface area contributed by atoms with Crippen molar-refractivity contribution in [1.82, 2.24) is 9.55 Å². The number of fused-ring (bicyclic) bond motifs is 1. The highest BCUT2D eigenvalue weighted by Crippen LogP contribution is 2.38. The van der Waals surface area contributed by atoms with Crippen molar-refractivity contribution in [1.29, 1.82) is 0 Å². The van der Waals surface area contributed by atoms with E-state index in [2.05, 4.69) is 78.3 Å². The highest BCUT2D eigenvalue weighted by molar-refractivity contribution is 9.10. The SMILES string of the molecule is CCCCCC(CCC)C1=CCC(n2c(C(C)CC)nc(=O)c3c(Br)cccc32)C(C)=C1. The van der Waals surface area contributed by atoms with Crippen LogP contribution in [0.4, 0.5) is 0 Å². The largest absolute Gasteiger partial charge is 0.321 e. The predicted octanol–water partition coefficient (Wildman–Crippen LogP) is 8.49. The van der Waals surface area contributed by atoms with Crippen molar-refractivity contribution >= 4 is 26.8 Å². The smallest absolute Gasteiger partial charge is 0.281 e. The van der Waals surface area contributed by atoms with Gasteiger partial charge < -0.3 is 4.57 Å². The molecule has 0 amide bonds. The number of allylic oxidation sites excluding steroid dienone is 4. The van der Waals surface area contributed by atoms with Crippen LogP contribution in [0.15, 0.2) is 50.8 Å². The highest BCUT2D eigenvalue weighted by Gasteiger charge is 2.26. The summed E-state index contributed by atoms with van der Waals surface area (Å²) in [4.78, 5) is 17.5. The Morgan fingerprint density at radius 2 is 1.94 bits per heavy atom. The van der Waals surface area contributed by atoms with Gasteiger partial charge >= 0.3 is 0 Å². The van der Waals surface area contributed by atoms with E-state index in [0.717, 1.165) is 28.7 Å². The molecule has 0 saturated carbocycles. The minimum absolute atomic E-state index is 0.133. The fourth-order valence-electron chi connectivity index (χ4n) is 5.03. The van der Waals surface area contributed by atoms with E-state index in [0.29, 0.717) is 11.3 Å². The maximum absolute atomic E-state index is 12.9. The molecule has 0 aliphatic heterocycles. The lowest BCUT2D eigenvalue weighted by atomic mass is 9.83. The van der Waals surface area contributed by atoms with Crippen LogP contribution in [0.3, 0.4) is 0 Å². The second kappa shape index (κ2) is 11.4. The normalized spacial score (nSPS) is 18.4. The Morgan fingerprint density at radius 1 is 1.16 bits per heavy atom. The first-order valence-corrected chi connectivity index (χ1v) is 13.3. The highest BCUT2D eigenvalue weighted by atomic mass is 79.9. The lowest BCUT2D eigenvalue weighted by Gasteiger charge is -2.31. The Bertz CT molecular complexity index is 1050. The van der Waals surface area contributed by atoms with Crippen molar-refractivity contribution in [3.8, 4) is 0 Å². The molecular formula is C28H39BrN2O. The number of benzene rings is 1. The van der Waals surface area contributed by atoms with Gasteiger partial charge in [0.25, 0.3) is 5.56 Å². The average Bonchev–Trinajstić information content (AvgIpc) is 2.78. The molecule has 0 spiro atoms. The van der Waals surface area contributed by atoms with Crippen molar-refractivity contribution in [3.05, 3.63) is 62.1 Å². The second-order valence-corrected chi connectivity index (χ2v) is 10.3. The summed E-state index contributed by atoms with van der Waals surface area (Å²) in [5, 5.41) is 0.686. The molecule has 0 saturated heterocycles. The molecule has 0 bridgehead atoms. The summed E-state index contributed by atoms with van der Waals surface area (Å²) < 4.78 is 3.17. The second-order valence-electron chi connectivity index (χ2n) is 9.41. The number of aromatic nitrogens is 2. The molecule has 3 unspecified atom stereocenters. The van der Waals surface area contributed by atoms with E-state index in [4.69, 9.17) is 0 Å². The number of rotatable bonds is 10. The van der Waals surface area contributed by atoms with Gasteiger partial charge in [-0.3, -0.25) is 4.79 Å². The summed E-state index contributed by atoms with van der Waals surface area (Å²) in [6, 6.07) is 6.24. The molecule has 3 nitrogen and oxygen atoms in total. The molecule has 32 heavy (non-hydrogen) atoms. The third-order valence-electron chi connectivity index (χ3n) is 7.05. The van der Waals surface area contributed by atoms with E-state index < -0.39 is 0 Å². The number of nitrogens with zero attached hydrogens (tertiary/aromatic N) is 2. The Labute approximate surface area is 202 Å². The summed E-state index contributed by atoms with van der Waals surface area (Å²) in [6.45, 7) is 11.2. The molecule has 174 valence electrons. The molecule has 1 aromatic carbocycles. The molecule has 3 atom stereocenters. The molecule has 3 rings (SSSR count). The van der Waals surface area contributed by atoms with Crippen molar-refractivity contribution in [3.63, 3.8) is 0 Å². The van der Waals surface area contributed by atoms with Gasteiger partial charge in [0.05, 0.1) is 16.9 Å².